The number of ether oxygens (including phenoxy) is 1. The summed E-state index contributed by atoms with van der Waals surface area (Å²) in [7, 11) is 1.49. The first kappa shape index (κ1) is 11.7. The number of ketones is 1. The largest absolute Gasteiger partial charge is 0.497 e. The molecule has 2 nitrogen and oxygen atoms in total. The van der Waals surface area contributed by atoms with Crippen LogP contribution in [-0.2, 0) is 0 Å². The highest BCUT2D eigenvalue weighted by Crippen LogP contribution is 2.18. The van der Waals surface area contributed by atoms with Crippen LogP contribution < -0.4 is 4.74 Å². The van der Waals surface area contributed by atoms with Crippen molar-refractivity contribution in [1.29, 1.82) is 0 Å². The second-order valence-corrected chi connectivity index (χ2v) is 3.37. The van der Waals surface area contributed by atoms with Gasteiger partial charge in [-0.1, -0.05) is 13.3 Å². The third-order valence-corrected chi connectivity index (χ3v) is 2.23. The van der Waals surface area contributed by atoms with Crippen molar-refractivity contribution in [2.45, 2.75) is 26.2 Å². The van der Waals surface area contributed by atoms with Crippen LogP contribution in [0.2, 0.25) is 0 Å². The van der Waals surface area contributed by atoms with E-state index in [4.69, 9.17) is 4.74 Å². The maximum atomic E-state index is 13.3. The molecule has 1 aromatic rings. The van der Waals surface area contributed by atoms with Gasteiger partial charge in [0.05, 0.1) is 12.7 Å². The average Bonchev–Trinajstić information content (AvgIpc) is 2.26. The molecule has 0 heterocycles. The number of benzene rings is 1. The SMILES string of the molecule is CCCCC(=O)c1cc(OC)ccc1F. The molecule has 1 aromatic carbocycles. The second kappa shape index (κ2) is 5.49. The zero-order valence-electron chi connectivity index (χ0n) is 9.05. The van der Waals surface area contributed by atoms with Crippen LogP contribution >= 0.6 is 0 Å². The van der Waals surface area contributed by atoms with Crippen LogP contribution in [-0.4, -0.2) is 12.9 Å². The van der Waals surface area contributed by atoms with Gasteiger partial charge in [0.15, 0.2) is 5.78 Å². The molecule has 0 aliphatic heterocycles. The molecule has 0 saturated carbocycles. The van der Waals surface area contributed by atoms with E-state index in [1.54, 1.807) is 0 Å². The molecule has 0 bridgehead atoms. The van der Waals surface area contributed by atoms with Gasteiger partial charge in [-0.05, 0) is 24.6 Å². The number of unbranched alkanes of at least 4 members (excludes halogenated alkanes) is 1. The van der Waals surface area contributed by atoms with Crippen LogP contribution in [0.15, 0.2) is 18.2 Å². The highest BCUT2D eigenvalue weighted by molar-refractivity contribution is 5.96. The summed E-state index contributed by atoms with van der Waals surface area (Å²) in [5, 5.41) is 0. The Kier molecular flexibility index (Phi) is 4.28. The van der Waals surface area contributed by atoms with Gasteiger partial charge in [-0.25, -0.2) is 4.39 Å². The smallest absolute Gasteiger partial charge is 0.165 e. The van der Waals surface area contributed by atoms with E-state index in [1.807, 2.05) is 6.92 Å². The molecule has 0 fully saturated rings. The van der Waals surface area contributed by atoms with Crippen molar-refractivity contribution in [2.75, 3.05) is 7.11 Å². The van der Waals surface area contributed by atoms with E-state index in [-0.39, 0.29) is 11.3 Å². The minimum Gasteiger partial charge on any atom is -0.497 e. The molecule has 0 N–H and O–H groups in total. The lowest BCUT2D eigenvalue weighted by Gasteiger charge is -2.04. The molecule has 3 heteroatoms. The number of hydrogen-bond donors (Lipinski definition) is 0. The van der Waals surface area contributed by atoms with E-state index in [0.29, 0.717) is 12.2 Å². The van der Waals surface area contributed by atoms with Gasteiger partial charge >= 0.3 is 0 Å². The molecule has 1 rings (SSSR count). The Bertz CT molecular complexity index is 347. The van der Waals surface area contributed by atoms with Crippen LogP contribution in [0.25, 0.3) is 0 Å². The van der Waals surface area contributed by atoms with Crippen molar-refractivity contribution in [3.05, 3.63) is 29.6 Å². The van der Waals surface area contributed by atoms with Gasteiger partial charge in [-0.15, -0.1) is 0 Å². The number of hydrogen-bond acceptors (Lipinski definition) is 2. The standard InChI is InChI=1S/C12H15FO2/c1-3-4-5-12(14)10-8-9(15-2)6-7-11(10)13/h6-8H,3-5H2,1-2H3. The van der Waals surface area contributed by atoms with Gasteiger partial charge in [0, 0.05) is 6.42 Å². The van der Waals surface area contributed by atoms with Crippen molar-refractivity contribution in [2.24, 2.45) is 0 Å². The maximum Gasteiger partial charge on any atom is 0.165 e. The predicted octanol–water partition coefficient (Wildman–Crippen LogP) is 3.21. The van der Waals surface area contributed by atoms with E-state index in [1.165, 1.54) is 25.3 Å². The van der Waals surface area contributed by atoms with Gasteiger partial charge < -0.3 is 4.74 Å². The second-order valence-electron chi connectivity index (χ2n) is 3.37. The molecular weight excluding hydrogens is 195 g/mol. The van der Waals surface area contributed by atoms with E-state index in [9.17, 15) is 9.18 Å². The van der Waals surface area contributed by atoms with Crippen molar-refractivity contribution in [3.8, 4) is 5.75 Å². The molecular formula is C12H15FO2. The number of carbonyl (C=O) groups excluding carboxylic acids is 1. The summed E-state index contributed by atoms with van der Waals surface area (Å²) < 4.78 is 18.3. The Balaban J connectivity index is 2.86. The van der Waals surface area contributed by atoms with Crippen molar-refractivity contribution < 1.29 is 13.9 Å². The molecule has 0 aliphatic rings. The molecule has 0 aliphatic carbocycles. The summed E-state index contributed by atoms with van der Waals surface area (Å²) in [6.07, 6.45) is 2.10. The van der Waals surface area contributed by atoms with Gasteiger partial charge in [0.2, 0.25) is 0 Å². The Hall–Kier alpha value is -1.38. The minimum atomic E-state index is -0.475. The van der Waals surface area contributed by atoms with Crippen LogP contribution in [0.3, 0.4) is 0 Å². The highest BCUT2D eigenvalue weighted by atomic mass is 19.1. The van der Waals surface area contributed by atoms with E-state index in [2.05, 4.69) is 0 Å². The molecule has 0 saturated heterocycles. The first-order valence-corrected chi connectivity index (χ1v) is 5.05. The Morgan fingerprint density at radius 1 is 1.47 bits per heavy atom. The van der Waals surface area contributed by atoms with E-state index < -0.39 is 5.82 Å². The van der Waals surface area contributed by atoms with Gasteiger partial charge in [-0.2, -0.15) is 0 Å². The average molecular weight is 210 g/mol. The first-order valence-electron chi connectivity index (χ1n) is 5.05. The van der Waals surface area contributed by atoms with Gasteiger partial charge in [-0.3, -0.25) is 4.79 Å². The third kappa shape index (κ3) is 3.05. The molecule has 0 amide bonds. The minimum absolute atomic E-state index is 0.128. The summed E-state index contributed by atoms with van der Waals surface area (Å²) in [5.74, 6) is -0.124. The van der Waals surface area contributed by atoms with Crippen LogP contribution in [0.4, 0.5) is 4.39 Å². The van der Waals surface area contributed by atoms with Crippen molar-refractivity contribution in [3.63, 3.8) is 0 Å². The summed E-state index contributed by atoms with van der Waals surface area (Å²) in [4.78, 5) is 11.6. The Morgan fingerprint density at radius 3 is 2.80 bits per heavy atom. The summed E-state index contributed by atoms with van der Waals surface area (Å²) in [6, 6.07) is 4.22. The zero-order chi connectivity index (χ0) is 11.3. The molecule has 15 heavy (non-hydrogen) atoms. The van der Waals surface area contributed by atoms with Crippen molar-refractivity contribution >= 4 is 5.78 Å². The zero-order valence-corrected chi connectivity index (χ0v) is 9.05. The van der Waals surface area contributed by atoms with E-state index in [0.717, 1.165) is 12.8 Å². The fourth-order valence-corrected chi connectivity index (χ4v) is 1.32. The Labute approximate surface area is 89.1 Å². The molecule has 0 radical (unpaired) electrons. The lowest BCUT2D eigenvalue weighted by Crippen LogP contribution is -2.02. The summed E-state index contributed by atoms with van der Waals surface area (Å²) in [5.41, 5.74) is 0.128. The Morgan fingerprint density at radius 2 is 2.20 bits per heavy atom. The molecule has 0 spiro atoms. The fraction of sp³-hybridized carbons (Fsp3) is 0.417. The number of methoxy groups -OCH3 is 1. The lowest BCUT2D eigenvalue weighted by atomic mass is 10.0. The number of Topliss-reactive ketones (excluding diaryl/α,β-unsaturated/α-hetero) is 1. The molecule has 0 aromatic heterocycles. The summed E-state index contributed by atoms with van der Waals surface area (Å²) >= 11 is 0. The molecule has 0 unspecified atom stereocenters. The maximum absolute atomic E-state index is 13.3. The quantitative estimate of drug-likeness (QED) is 0.697. The van der Waals surface area contributed by atoms with Crippen LogP contribution in [0.1, 0.15) is 36.5 Å². The fourth-order valence-electron chi connectivity index (χ4n) is 1.32. The van der Waals surface area contributed by atoms with Crippen LogP contribution in [0, 0.1) is 5.82 Å². The highest BCUT2D eigenvalue weighted by Gasteiger charge is 2.11. The van der Waals surface area contributed by atoms with Crippen molar-refractivity contribution in [1.82, 2.24) is 0 Å². The first-order chi connectivity index (χ1) is 7.19. The monoisotopic (exact) mass is 210 g/mol. The molecule has 82 valence electrons. The number of rotatable bonds is 5. The number of carbonyl (C=O) groups is 1. The normalized spacial score (nSPS) is 10.1. The van der Waals surface area contributed by atoms with Gasteiger partial charge in [0.1, 0.15) is 11.6 Å². The van der Waals surface area contributed by atoms with E-state index >= 15 is 0 Å². The number of halogens is 1. The van der Waals surface area contributed by atoms with Crippen LogP contribution in [0.5, 0.6) is 5.75 Å². The lowest BCUT2D eigenvalue weighted by molar-refractivity contribution is 0.0975. The summed E-state index contributed by atoms with van der Waals surface area (Å²) in [6.45, 7) is 2.00. The topological polar surface area (TPSA) is 26.3 Å². The third-order valence-electron chi connectivity index (χ3n) is 2.23. The predicted molar refractivity (Wildman–Crippen MR) is 56.8 cm³/mol. The van der Waals surface area contributed by atoms with Gasteiger partial charge in [0.25, 0.3) is 0 Å². The molecule has 0 atom stereocenters.